The van der Waals surface area contributed by atoms with Crippen LogP contribution in [0.4, 0.5) is 0 Å². The predicted octanol–water partition coefficient (Wildman–Crippen LogP) is 2.22. The van der Waals surface area contributed by atoms with Crippen molar-refractivity contribution in [3.8, 4) is 11.5 Å². The molecule has 27 heavy (non-hydrogen) atoms. The van der Waals surface area contributed by atoms with E-state index in [0.717, 1.165) is 50.3 Å². The molecular formula is C19H27ClN2O4S. The zero-order valence-corrected chi connectivity index (χ0v) is 17.2. The summed E-state index contributed by atoms with van der Waals surface area (Å²) in [6, 6.07) is 4.69. The smallest absolute Gasteiger partial charge is 0.211 e. The Morgan fingerprint density at radius 3 is 2.59 bits per heavy atom. The number of piperidine rings is 2. The van der Waals surface area contributed by atoms with Gasteiger partial charge in [-0.1, -0.05) is 0 Å². The highest BCUT2D eigenvalue weighted by Gasteiger charge is 2.45. The fourth-order valence-corrected chi connectivity index (χ4v) is 6.56. The molecule has 3 atom stereocenters. The van der Waals surface area contributed by atoms with E-state index in [-0.39, 0.29) is 24.5 Å². The topological polar surface area (TPSA) is 59.1 Å². The maximum Gasteiger partial charge on any atom is 0.211 e. The molecule has 0 aromatic heterocycles. The summed E-state index contributed by atoms with van der Waals surface area (Å²) in [6.07, 6.45) is 5.37. The van der Waals surface area contributed by atoms with Gasteiger partial charge in [0.15, 0.2) is 11.5 Å². The molecule has 0 spiro atoms. The number of halogens is 1. The second-order valence-corrected chi connectivity index (χ2v) is 9.97. The van der Waals surface area contributed by atoms with Crippen molar-refractivity contribution in [2.75, 3.05) is 39.1 Å². The maximum atomic E-state index is 12.3. The van der Waals surface area contributed by atoms with Gasteiger partial charge >= 0.3 is 0 Å². The second-order valence-electron chi connectivity index (χ2n) is 8.03. The lowest BCUT2D eigenvalue weighted by molar-refractivity contribution is 0.0219. The SMILES string of the molecule is CS(=O)(=O)N1CCC[C@@H]2CN3CCc4cc5c(cc4[C@H]3C[C@@H]21)OCCO5.Cl. The fraction of sp³-hybridized carbons (Fsp3) is 0.684. The van der Waals surface area contributed by atoms with Crippen molar-refractivity contribution in [3.63, 3.8) is 0 Å². The highest BCUT2D eigenvalue weighted by Crippen LogP contribution is 2.46. The molecule has 4 heterocycles. The Labute approximate surface area is 167 Å². The summed E-state index contributed by atoms with van der Waals surface area (Å²) in [5.41, 5.74) is 2.63. The van der Waals surface area contributed by atoms with Crippen molar-refractivity contribution in [2.45, 2.75) is 37.8 Å². The molecule has 5 rings (SSSR count). The lowest BCUT2D eigenvalue weighted by Gasteiger charge is -2.51. The molecule has 0 radical (unpaired) electrons. The van der Waals surface area contributed by atoms with Gasteiger partial charge in [0.1, 0.15) is 13.2 Å². The minimum absolute atomic E-state index is 0. The monoisotopic (exact) mass is 414 g/mol. The lowest BCUT2D eigenvalue weighted by atomic mass is 9.77. The lowest BCUT2D eigenvalue weighted by Crippen LogP contribution is -2.57. The number of nitrogens with zero attached hydrogens (tertiary/aromatic N) is 2. The van der Waals surface area contributed by atoms with E-state index < -0.39 is 10.0 Å². The van der Waals surface area contributed by atoms with Gasteiger partial charge in [-0.2, -0.15) is 4.31 Å². The van der Waals surface area contributed by atoms with Crippen molar-refractivity contribution < 1.29 is 17.9 Å². The third-order valence-electron chi connectivity index (χ3n) is 6.50. The van der Waals surface area contributed by atoms with Crippen molar-refractivity contribution in [1.82, 2.24) is 9.21 Å². The van der Waals surface area contributed by atoms with E-state index in [1.54, 1.807) is 4.31 Å². The average molecular weight is 415 g/mol. The molecule has 0 N–H and O–H groups in total. The number of ether oxygens (including phenoxy) is 2. The van der Waals surface area contributed by atoms with Crippen LogP contribution >= 0.6 is 12.4 Å². The molecule has 1 aromatic rings. The van der Waals surface area contributed by atoms with E-state index >= 15 is 0 Å². The summed E-state index contributed by atoms with van der Waals surface area (Å²) in [7, 11) is -3.16. The van der Waals surface area contributed by atoms with Gasteiger partial charge in [-0.15, -0.1) is 12.4 Å². The van der Waals surface area contributed by atoms with E-state index in [2.05, 4.69) is 17.0 Å². The number of benzene rings is 1. The Kier molecular flexibility index (Phi) is 5.08. The molecule has 4 aliphatic heterocycles. The summed E-state index contributed by atoms with van der Waals surface area (Å²) in [6.45, 7) is 3.90. The van der Waals surface area contributed by atoms with Gasteiger partial charge < -0.3 is 9.47 Å². The molecule has 150 valence electrons. The zero-order valence-electron chi connectivity index (χ0n) is 15.6. The normalized spacial score (nSPS) is 30.5. The number of hydrogen-bond acceptors (Lipinski definition) is 5. The standard InChI is InChI=1S/C19H26N2O4S.ClH/c1-26(22,23)21-5-2-3-14-12-20-6-4-13-9-18-19(25-8-7-24-18)10-15(13)17(20)11-16(14)21;/h9-10,14,16-17H,2-8,11-12H2,1H3;1H/t14-,16+,17-;/m1./s1. The van der Waals surface area contributed by atoms with Crippen LogP contribution in [-0.2, 0) is 16.4 Å². The largest absolute Gasteiger partial charge is 0.486 e. The van der Waals surface area contributed by atoms with Gasteiger partial charge in [0.05, 0.1) is 6.26 Å². The predicted molar refractivity (Wildman–Crippen MR) is 105 cm³/mol. The molecule has 2 fully saturated rings. The maximum absolute atomic E-state index is 12.3. The zero-order chi connectivity index (χ0) is 17.9. The van der Waals surface area contributed by atoms with E-state index in [1.165, 1.54) is 17.4 Å². The molecule has 1 aromatic carbocycles. The molecule has 0 saturated carbocycles. The van der Waals surface area contributed by atoms with Crippen LogP contribution in [0.1, 0.15) is 36.4 Å². The average Bonchev–Trinajstić information content (AvgIpc) is 2.63. The Hall–Kier alpha value is -1.02. The number of fused-ring (bicyclic) bond motifs is 5. The fourth-order valence-electron chi connectivity index (χ4n) is 5.35. The Balaban J connectivity index is 0.00000180. The summed E-state index contributed by atoms with van der Waals surface area (Å²) < 4.78 is 37.9. The first-order valence-electron chi connectivity index (χ1n) is 9.64. The molecule has 0 aliphatic carbocycles. The summed E-state index contributed by atoms with van der Waals surface area (Å²) in [5, 5.41) is 0. The van der Waals surface area contributed by atoms with E-state index in [1.807, 2.05) is 0 Å². The Bertz CT molecular complexity index is 831. The van der Waals surface area contributed by atoms with Crippen LogP contribution < -0.4 is 9.47 Å². The number of rotatable bonds is 1. The highest BCUT2D eigenvalue weighted by molar-refractivity contribution is 7.88. The van der Waals surface area contributed by atoms with E-state index in [0.29, 0.717) is 25.7 Å². The molecule has 6 nitrogen and oxygen atoms in total. The van der Waals surface area contributed by atoms with Gasteiger partial charge in [0.25, 0.3) is 0 Å². The van der Waals surface area contributed by atoms with Gasteiger partial charge in [-0.3, -0.25) is 4.90 Å². The van der Waals surface area contributed by atoms with E-state index in [9.17, 15) is 8.42 Å². The van der Waals surface area contributed by atoms with Gasteiger partial charge in [-0.25, -0.2) is 8.42 Å². The molecule has 4 aliphatic rings. The summed E-state index contributed by atoms with van der Waals surface area (Å²) in [5.74, 6) is 2.14. The molecule has 0 unspecified atom stereocenters. The van der Waals surface area contributed by atoms with Crippen molar-refractivity contribution >= 4 is 22.4 Å². The van der Waals surface area contributed by atoms with Gasteiger partial charge in [0.2, 0.25) is 10.0 Å². The summed E-state index contributed by atoms with van der Waals surface area (Å²) in [4.78, 5) is 2.56. The van der Waals surface area contributed by atoms with Crippen molar-refractivity contribution in [1.29, 1.82) is 0 Å². The van der Waals surface area contributed by atoms with Crippen LogP contribution in [0.5, 0.6) is 11.5 Å². The highest BCUT2D eigenvalue weighted by atomic mass is 35.5. The Morgan fingerprint density at radius 1 is 1.11 bits per heavy atom. The third kappa shape index (κ3) is 3.33. The number of sulfonamides is 1. The van der Waals surface area contributed by atoms with Crippen LogP contribution in [0.3, 0.4) is 0 Å². The first-order valence-corrected chi connectivity index (χ1v) is 11.5. The second kappa shape index (κ2) is 7.10. The van der Waals surface area contributed by atoms with Crippen molar-refractivity contribution in [3.05, 3.63) is 23.3 Å². The third-order valence-corrected chi connectivity index (χ3v) is 7.80. The minimum atomic E-state index is -3.16. The summed E-state index contributed by atoms with van der Waals surface area (Å²) >= 11 is 0. The molecule has 0 amide bonds. The van der Waals surface area contributed by atoms with Crippen LogP contribution in [-0.4, -0.2) is 62.8 Å². The first kappa shape index (κ1) is 19.3. The molecule has 8 heteroatoms. The number of hydrogen-bond donors (Lipinski definition) is 0. The van der Waals surface area contributed by atoms with Crippen LogP contribution in [0, 0.1) is 5.92 Å². The molecular weight excluding hydrogens is 388 g/mol. The van der Waals surface area contributed by atoms with Crippen LogP contribution in [0.15, 0.2) is 12.1 Å². The molecule has 0 bridgehead atoms. The minimum Gasteiger partial charge on any atom is -0.486 e. The Morgan fingerprint density at radius 2 is 1.85 bits per heavy atom. The van der Waals surface area contributed by atoms with Crippen LogP contribution in [0.2, 0.25) is 0 Å². The van der Waals surface area contributed by atoms with Crippen LogP contribution in [0.25, 0.3) is 0 Å². The molecule has 2 saturated heterocycles. The van der Waals surface area contributed by atoms with Gasteiger partial charge in [-0.05, 0) is 54.9 Å². The van der Waals surface area contributed by atoms with E-state index in [4.69, 9.17) is 9.47 Å². The first-order chi connectivity index (χ1) is 12.5. The van der Waals surface area contributed by atoms with Crippen molar-refractivity contribution in [2.24, 2.45) is 5.92 Å². The quantitative estimate of drug-likeness (QED) is 0.705. The van der Waals surface area contributed by atoms with Gasteiger partial charge in [0, 0.05) is 31.7 Å².